The molecule has 1 aromatic heterocycles. The van der Waals surface area contributed by atoms with E-state index in [1.807, 2.05) is 0 Å². The number of nitrogens with two attached hydrogens (primary N) is 1. The Bertz CT molecular complexity index is 440. The van der Waals surface area contributed by atoms with Crippen molar-refractivity contribution in [3.05, 3.63) is 23.0 Å². The van der Waals surface area contributed by atoms with Crippen LogP contribution in [0.15, 0.2) is 6.07 Å². The Labute approximate surface area is 97.6 Å². The number of hydrogen-bond acceptors (Lipinski definition) is 3. The number of hydrogen-bond donors (Lipinski definition) is 1. The molecule has 2 N–H and O–H groups in total. The fourth-order valence-electron chi connectivity index (χ4n) is 1.28. The molecule has 0 amide bonds. The van der Waals surface area contributed by atoms with Gasteiger partial charge < -0.3 is 10.5 Å². The summed E-state index contributed by atoms with van der Waals surface area (Å²) in [4.78, 5) is 3.37. The summed E-state index contributed by atoms with van der Waals surface area (Å²) in [6.07, 6.45) is -9.92. The van der Waals surface area contributed by atoms with Crippen molar-refractivity contribution < 1.29 is 31.1 Å². The zero-order valence-corrected chi connectivity index (χ0v) is 8.99. The largest absolute Gasteiger partial charge is 0.573 e. The maximum Gasteiger partial charge on any atom is 0.573 e. The van der Waals surface area contributed by atoms with Crippen molar-refractivity contribution in [2.24, 2.45) is 5.73 Å². The topological polar surface area (TPSA) is 48.1 Å². The lowest BCUT2D eigenvalue weighted by atomic mass is 10.1. The van der Waals surface area contributed by atoms with Gasteiger partial charge >= 0.3 is 12.5 Å². The van der Waals surface area contributed by atoms with Crippen molar-refractivity contribution in [2.45, 2.75) is 26.0 Å². The van der Waals surface area contributed by atoms with Crippen molar-refractivity contribution in [1.82, 2.24) is 4.98 Å². The molecule has 9 heteroatoms. The van der Waals surface area contributed by atoms with Crippen LogP contribution < -0.4 is 10.5 Å². The Morgan fingerprint density at radius 1 is 1.22 bits per heavy atom. The standard InChI is InChI=1S/C9H8F6N2O/c1-4-5(8(10,11)12)2-7(6(3-16)17-4)18-9(13,14)15/h2H,3,16H2,1H3. The minimum atomic E-state index is -5.11. The highest BCUT2D eigenvalue weighted by atomic mass is 19.4. The van der Waals surface area contributed by atoms with E-state index < -0.39 is 41.8 Å². The molecular weight excluding hydrogens is 266 g/mol. The van der Waals surface area contributed by atoms with Crippen molar-refractivity contribution in [3.63, 3.8) is 0 Å². The van der Waals surface area contributed by atoms with Gasteiger partial charge in [0.1, 0.15) is 0 Å². The highest BCUT2D eigenvalue weighted by Crippen LogP contribution is 2.35. The second-order valence-corrected chi connectivity index (χ2v) is 3.32. The predicted octanol–water partition coefficient (Wildman–Crippen LogP) is 2.77. The van der Waals surface area contributed by atoms with Gasteiger partial charge in [-0.1, -0.05) is 0 Å². The Morgan fingerprint density at radius 2 is 1.78 bits per heavy atom. The number of aromatic nitrogens is 1. The molecule has 0 unspecified atom stereocenters. The molecule has 1 aromatic rings. The normalized spacial score (nSPS) is 12.7. The lowest BCUT2D eigenvalue weighted by Crippen LogP contribution is -2.21. The zero-order valence-electron chi connectivity index (χ0n) is 8.99. The van der Waals surface area contributed by atoms with E-state index in [1.54, 1.807) is 0 Å². The monoisotopic (exact) mass is 274 g/mol. The predicted molar refractivity (Wildman–Crippen MR) is 48.6 cm³/mol. The summed E-state index contributed by atoms with van der Waals surface area (Å²) in [6, 6.07) is 0.248. The fraction of sp³-hybridized carbons (Fsp3) is 0.444. The van der Waals surface area contributed by atoms with Gasteiger partial charge in [-0.05, 0) is 13.0 Å². The molecule has 0 aliphatic heterocycles. The van der Waals surface area contributed by atoms with Crippen molar-refractivity contribution >= 4 is 0 Å². The number of alkyl halides is 6. The number of pyridine rings is 1. The van der Waals surface area contributed by atoms with Gasteiger partial charge in [-0.25, -0.2) is 0 Å². The van der Waals surface area contributed by atoms with Crippen LogP contribution in [-0.4, -0.2) is 11.3 Å². The second-order valence-electron chi connectivity index (χ2n) is 3.32. The van der Waals surface area contributed by atoms with Crippen molar-refractivity contribution in [1.29, 1.82) is 0 Å². The minimum absolute atomic E-state index is 0.248. The summed E-state index contributed by atoms with van der Waals surface area (Å²) in [5, 5.41) is 0. The van der Waals surface area contributed by atoms with Crippen LogP contribution >= 0.6 is 0 Å². The van der Waals surface area contributed by atoms with E-state index in [1.165, 1.54) is 0 Å². The van der Waals surface area contributed by atoms with Crippen LogP contribution in [0.4, 0.5) is 26.3 Å². The lowest BCUT2D eigenvalue weighted by Gasteiger charge is -2.16. The minimum Gasteiger partial charge on any atom is -0.404 e. The van der Waals surface area contributed by atoms with Crippen molar-refractivity contribution in [3.8, 4) is 5.75 Å². The molecule has 3 nitrogen and oxygen atoms in total. The molecule has 0 saturated heterocycles. The Morgan fingerprint density at radius 3 is 2.17 bits per heavy atom. The maximum absolute atomic E-state index is 12.5. The van der Waals surface area contributed by atoms with E-state index in [-0.39, 0.29) is 6.07 Å². The molecule has 0 aliphatic carbocycles. The molecular formula is C9H8F6N2O. The molecule has 102 valence electrons. The van der Waals surface area contributed by atoms with Gasteiger partial charge in [-0.3, -0.25) is 4.98 Å². The fourth-order valence-corrected chi connectivity index (χ4v) is 1.28. The van der Waals surface area contributed by atoms with Crippen LogP contribution in [0.25, 0.3) is 0 Å². The molecule has 18 heavy (non-hydrogen) atoms. The molecule has 1 rings (SSSR count). The van der Waals surface area contributed by atoms with Crippen molar-refractivity contribution in [2.75, 3.05) is 0 Å². The van der Waals surface area contributed by atoms with Crippen LogP contribution in [0.2, 0.25) is 0 Å². The SMILES string of the molecule is Cc1nc(CN)c(OC(F)(F)F)cc1C(F)(F)F. The van der Waals surface area contributed by atoms with Gasteiger partial charge in [0, 0.05) is 6.54 Å². The third-order valence-corrected chi connectivity index (χ3v) is 1.98. The molecule has 0 bridgehead atoms. The van der Waals surface area contributed by atoms with Gasteiger partial charge in [0.05, 0.1) is 17.0 Å². The number of rotatable bonds is 2. The molecule has 0 aromatic carbocycles. The molecule has 0 fully saturated rings. The summed E-state index contributed by atoms with van der Waals surface area (Å²) in [7, 11) is 0. The highest BCUT2D eigenvalue weighted by Gasteiger charge is 2.37. The molecule has 0 radical (unpaired) electrons. The average molecular weight is 274 g/mol. The van der Waals surface area contributed by atoms with E-state index in [4.69, 9.17) is 5.73 Å². The lowest BCUT2D eigenvalue weighted by molar-refractivity contribution is -0.275. The third-order valence-electron chi connectivity index (χ3n) is 1.98. The van der Waals surface area contributed by atoms with Gasteiger partial charge in [-0.15, -0.1) is 13.2 Å². The molecule has 0 aliphatic rings. The quantitative estimate of drug-likeness (QED) is 0.843. The number of aryl methyl sites for hydroxylation is 1. The highest BCUT2D eigenvalue weighted by molar-refractivity contribution is 5.37. The van der Waals surface area contributed by atoms with E-state index in [0.717, 1.165) is 6.92 Å². The van der Waals surface area contributed by atoms with E-state index in [0.29, 0.717) is 0 Å². The summed E-state index contributed by atoms with van der Waals surface area (Å²) < 4.78 is 77.0. The summed E-state index contributed by atoms with van der Waals surface area (Å²) in [5.41, 5.74) is 2.96. The molecule has 0 atom stereocenters. The van der Waals surface area contributed by atoms with Gasteiger partial charge in [-0.2, -0.15) is 13.2 Å². The first kappa shape index (κ1) is 14.6. The third kappa shape index (κ3) is 3.49. The van der Waals surface area contributed by atoms with E-state index in [2.05, 4.69) is 9.72 Å². The van der Waals surface area contributed by atoms with E-state index in [9.17, 15) is 26.3 Å². The first-order valence-corrected chi connectivity index (χ1v) is 4.58. The number of nitrogens with zero attached hydrogens (tertiary/aromatic N) is 1. The summed E-state index contributed by atoms with van der Waals surface area (Å²) >= 11 is 0. The zero-order chi connectivity index (χ0) is 14.1. The van der Waals surface area contributed by atoms with Crippen LogP contribution in [0.5, 0.6) is 5.75 Å². The Kier molecular flexibility index (Phi) is 3.75. The van der Waals surface area contributed by atoms with Gasteiger partial charge in [0.15, 0.2) is 5.75 Å². The molecule has 1 heterocycles. The summed E-state index contributed by atoms with van der Waals surface area (Å²) in [6.45, 7) is 0.559. The summed E-state index contributed by atoms with van der Waals surface area (Å²) in [5.74, 6) is -1.04. The van der Waals surface area contributed by atoms with Crippen LogP contribution in [0.3, 0.4) is 0 Å². The molecule has 0 saturated carbocycles. The van der Waals surface area contributed by atoms with Gasteiger partial charge in [0.2, 0.25) is 0 Å². The Balaban J connectivity index is 3.31. The molecule has 0 spiro atoms. The Hall–Kier alpha value is -1.51. The average Bonchev–Trinajstić information content (AvgIpc) is 2.16. The number of halogens is 6. The van der Waals surface area contributed by atoms with Crippen LogP contribution in [0.1, 0.15) is 17.0 Å². The van der Waals surface area contributed by atoms with Crippen LogP contribution in [0, 0.1) is 6.92 Å². The van der Waals surface area contributed by atoms with Crippen LogP contribution in [-0.2, 0) is 12.7 Å². The smallest absolute Gasteiger partial charge is 0.404 e. The first-order chi connectivity index (χ1) is 8.04. The van der Waals surface area contributed by atoms with E-state index >= 15 is 0 Å². The number of ether oxygens (including phenoxy) is 1. The maximum atomic E-state index is 12.5. The second kappa shape index (κ2) is 4.63. The van der Waals surface area contributed by atoms with Gasteiger partial charge in [0.25, 0.3) is 0 Å². The first-order valence-electron chi connectivity index (χ1n) is 4.58.